The van der Waals surface area contributed by atoms with Gasteiger partial charge in [0.1, 0.15) is 0 Å². The third-order valence-electron chi connectivity index (χ3n) is 9.74. The summed E-state index contributed by atoms with van der Waals surface area (Å²) in [4.78, 5) is 10.2. The lowest BCUT2D eigenvalue weighted by Gasteiger charge is -2.13. The van der Waals surface area contributed by atoms with E-state index in [1.807, 2.05) is 17.5 Å². The number of thiophene rings is 1. The van der Waals surface area contributed by atoms with Crippen molar-refractivity contribution in [3.05, 3.63) is 170 Å². The summed E-state index contributed by atoms with van der Waals surface area (Å²) in [5, 5.41) is 7.31. The molecule has 228 valence electrons. The molecule has 2 aromatic heterocycles. The molecule has 0 aliphatic heterocycles. The summed E-state index contributed by atoms with van der Waals surface area (Å²) < 4.78 is 2.66. The van der Waals surface area contributed by atoms with Crippen molar-refractivity contribution < 1.29 is 0 Å². The maximum atomic E-state index is 5.22. The van der Waals surface area contributed by atoms with Gasteiger partial charge in [0.05, 0.1) is 22.9 Å². The summed E-state index contributed by atoms with van der Waals surface area (Å²) in [7, 11) is 0. The molecule has 0 spiro atoms. The fourth-order valence-electron chi connectivity index (χ4n) is 7.39. The number of fused-ring (bicyclic) bond motifs is 9. The third kappa shape index (κ3) is 4.55. The zero-order valence-corrected chi connectivity index (χ0v) is 27.3. The minimum atomic E-state index is 0.871. The first-order chi connectivity index (χ1) is 24.3. The summed E-state index contributed by atoms with van der Waals surface area (Å²) in [5.74, 6) is 0. The van der Waals surface area contributed by atoms with Gasteiger partial charge in [0.15, 0.2) is 0 Å². The molecule has 2 nitrogen and oxygen atoms in total. The zero-order chi connectivity index (χ0) is 32.3. The van der Waals surface area contributed by atoms with Gasteiger partial charge in [-0.25, -0.2) is 4.98 Å². The highest BCUT2D eigenvalue weighted by Gasteiger charge is 2.15. The first kappa shape index (κ1) is 27.9. The second-order valence-corrected chi connectivity index (χ2v) is 13.6. The van der Waals surface area contributed by atoms with Crippen LogP contribution in [0.4, 0.5) is 0 Å². The molecule has 49 heavy (non-hydrogen) atoms. The highest BCUT2D eigenvalue weighted by molar-refractivity contribution is 7.26. The zero-order valence-electron chi connectivity index (χ0n) is 26.5. The number of hydrogen-bond donors (Lipinski definition) is 0. The lowest BCUT2D eigenvalue weighted by atomic mass is 9.92. The van der Waals surface area contributed by atoms with Crippen molar-refractivity contribution >= 4 is 64.1 Å². The van der Waals surface area contributed by atoms with E-state index in [1.165, 1.54) is 58.8 Å². The molecule has 0 saturated carbocycles. The van der Waals surface area contributed by atoms with Gasteiger partial charge in [-0.2, -0.15) is 0 Å². The average Bonchev–Trinajstić information content (AvgIpc) is 3.57. The normalized spacial score (nSPS) is 11.7. The van der Waals surface area contributed by atoms with E-state index >= 15 is 0 Å². The van der Waals surface area contributed by atoms with Crippen LogP contribution in [0.1, 0.15) is 0 Å². The van der Waals surface area contributed by atoms with Crippen LogP contribution in [0.5, 0.6) is 0 Å². The Kier molecular flexibility index (Phi) is 6.39. The van der Waals surface area contributed by atoms with Crippen LogP contribution in [0, 0.1) is 0 Å². The quantitative estimate of drug-likeness (QED) is 0.179. The maximum Gasteiger partial charge on any atom is 0.0979 e. The number of aromatic nitrogens is 2. The third-order valence-corrected chi connectivity index (χ3v) is 11.0. The predicted molar refractivity (Wildman–Crippen MR) is 209 cm³/mol. The molecule has 0 bridgehead atoms. The Morgan fingerprint density at radius 2 is 0.939 bits per heavy atom. The number of hydrogen-bond acceptors (Lipinski definition) is 3. The minimum Gasteiger partial charge on any atom is -0.252 e. The van der Waals surface area contributed by atoms with Crippen molar-refractivity contribution in [2.75, 3.05) is 0 Å². The van der Waals surface area contributed by atoms with E-state index in [1.54, 1.807) is 0 Å². The summed E-state index contributed by atoms with van der Waals surface area (Å²) in [6.45, 7) is 0. The molecule has 0 aliphatic carbocycles. The van der Waals surface area contributed by atoms with Crippen LogP contribution in [0.25, 0.3) is 97.4 Å². The van der Waals surface area contributed by atoms with Crippen LogP contribution < -0.4 is 0 Å². The SMILES string of the molecule is c1cc(-c2ccc(-c3ccccc3-c3cccc4c3sc3ccccc34)cc2)cc(-c2cnc3c4ccccc4c4ccccc4c3n2)c1. The van der Waals surface area contributed by atoms with Crippen molar-refractivity contribution in [1.82, 2.24) is 9.97 Å². The van der Waals surface area contributed by atoms with Crippen LogP contribution in [0.2, 0.25) is 0 Å². The van der Waals surface area contributed by atoms with Gasteiger partial charge in [-0.3, -0.25) is 4.98 Å². The Morgan fingerprint density at radius 3 is 1.73 bits per heavy atom. The van der Waals surface area contributed by atoms with E-state index < -0.39 is 0 Å². The van der Waals surface area contributed by atoms with Gasteiger partial charge < -0.3 is 0 Å². The average molecular weight is 641 g/mol. The maximum absolute atomic E-state index is 5.22. The van der Waals surface area contributed by atoms with Gasteiger partial charge in [-0.15, -0.1) is 11.3 Å². The molecule has 3 heteroatoms. The van der Waals surface area contributed by atoms with E-state index in [0.717, 1.165) is 38.6 Å². The Bertz CT molecular complexity index is 2850. The molecule has 10 aromatic rings. The van der Waals surface area contributed by atoms with Gasteiger partial charge in [-0.1, -0.05) is 152 Å². The molecule has 0 saturated heterocycles. The summed E-state index contributed by atoms with van der Waals surface area (Å²) in [6.07, 6.45) is 1.92. The van der Waals surface area contributed by atoms with Gasteiger partial charge in [0.2, 0.25) is 0 Å². The molecule has 0 N–H and O–H groups in total. The molecule has 0 amide bonds. The molecule has 8 aromatic carbocycles. The Balaban J connectivity index is 1.03. The van der Waals surface area contributed by atoms with Crippen molar-refractivity contribution in [3.63, 3.8) is 0 Å². The van der Waals surface area contributed by atoms with Crippen molar-refractivity contribution in [2.45, 2.75) is 0 Å². The largest absolute Gasteiger partial charge is 0.252 e. The number of benzene rings is 8. The van der Waals surface area contributed by atoms with E-state index in [9.17, 15) is 0 Å². The van der Waals surface area contributed by atoms with Crippen molar-refractivity contribution in [3.8, 4) is 44.6 Å². The molecule has 10 rings (SSSR count). The summed E-state index contributed by atoms with van der Waals surface area (Å²) in [6, 6.07) is 58.8. The topological polar surface area (TPSA) is 25.8 Å². The Labute approximate surface area is 287 Å². The van der Waals surface area contributed by atoms with Crippen LogP contribution in [-0.4, -0.2) is 9.97 Å². The minimum absolute atomic E-state index is 0.871. The second-order valence-electron chi connectivity index (χ2n) is 12.5. The van der Waals surface area contributed by atoms with Crippen LogP contribution in [0.15, 0.2) is 170 Å². The van der Waals surface area contributed by atoms with E-state index in [0.29, 0.717) is 0 Å². The smallest absolute Gasteiger partial charge is 0.0979 e. The van der Waals surface area contributed by atoms with Crippen LogP contribution >= 0.6 is 11.3 Å². The lowest BCUT2D eigenvalue weighted by Crippen LogP contribution is -1.92. The molecular weight excluding hydrogens is 613 g/mol. The van der Waals surface area contributed by atoms with Crippen molar-refractivity contribution in [1.29, 1.82) is 0 Å². The molecule has 0 aliphatic rings. The molecule has 0 unspecified atom stereocenters. The van der Waals surface area contributed by atoms with E-state index in [-0.39, 0.29) is 0 Å². The molecule has 0 radical (unpaired) electrons. The molecule has 0 fully saturated rings. The number of rotatable bonds is 4. The first-order valence-corrected chi connectivity index (χ1v) is 17.4. The fraction of sp³-hybridized carbons (Fsp3) is 0. The van der Waals surface area contributed by atoms with Crippen LogP contribution in [0.3, 0.4) is 0 Å². The fourth-order valence-corrected chi connectivity index (χ4v) is 8.62. The monoisotopic (exact) mass is 640 g/mol. The lowest BCUT2D eigenvalue weighted by molar-refractivity contribution is 1.31. The second kappa shape index (κ2) is 11.2. The molecule has 2 heterocycles. The molecular formula is C46H28N2S. The van der Waals surface area contributed by atoms with Gasteiger partial charge >= 0.3 is 0 Å². The van der Waals surface area contributed by atoms with Crippen LogP contribution in [-0.2, 0) is 0 Å². The first-order valence-electron chi connectivity index (χ1n) is 16.6. The highest BCUT2D eigenvalue weighted by Crippen LogP contribution is 2.43. The number of nitrogens with zero attached hydrogens (tertiary/aromatic N) is 2. The van der Waals surface area contributed by atoms with E-state index in [4.69, 9.17) is 9.97 Å². The van der Waals surface area contributed by atoms with Crippen molar-refractivity contribution in [2.24, 2.45) is 0 Å². The standard InChI is InChI=1S/C46H28N2S/c1-2-14-34(40-20-10-21-41-37-17-7-8-22-43(37)49-46(40)41)33(13-1)30-25-23-29(24-26-30)31-11-9-12-32(27-31)42-28-47-44-38-18-5-3-15-35(38)36-16-4-6-19-39(36)45(44)48-42/h1-28H. The van der Waals surface area contributed by atoms with Gasteiger partial charge in [-0.05, 0) is 50.7 Å². The predicted octanol–water partition coefficient (Wildman–Crippen LogP) is 13.0. The summed E-state index contributed by atoms with van der Waals surface area (Å²) in [5.41, 5.74) is 11.1. The van der Waals surface area contributed by atoms with Gasteiger partial charge in [0.25, 0.3) is 0 Å². The summed E-state index contributed by atoms with van der Waals surface area (Å²) >= 11 is 1.88. The molecule has 0 atom stereocenters. The Hall–Kier alpha value is -6.16. The van der Waals surface area contributed by atoms with Gasteiger partial charge in [0, 0.05) is 42.1 Å². The highest BCUT2D eigenvalue weighted by atomic mass is 32.1. The Morgan fingerprint density at radius 1 is 0.367 bits per heavy atom. The van der Waals surface area contributed by atoms with E-state index in [2.05, 4.69) is 164 Å².